The lowest BCUT2D eigenvalue weighted by atomic mass is 10.1. The molecule has 0 saturated carbocycles. The number of benzene rings is 1. The molecular formula is C12H15ClN2. The first-order chi connectivity index (χ1) is 7.16. The molecule has 2 nitrogen and oxygen atoms in total. The van der Waals surface area contributed by atoms with E-state index < -0.39 is 0 Å². The monoisotopic (exact) mass is 222 g/mol. The Bertz CT molecular complexity index is 383. The molecule has 1 fully saturated rings. The van der Waals surface area contributed by atoms with Crippen molar-refractivity contribution in [3.8, 4) is 0 Å². The summed E-state index contributed by atoms with van der Waals surface area (Å²) in [5.74, 6) is 0. The fraction of sp³-hybridized carbons (Fsp3) is 0.333. The standard InChI is InChI=1S/C12H15ClN2/c1-8-3-4-12(13)11(5-8)9(2)15-10-6-14-7-10/h3-5,10,14-15H,2,6-7H2,1H3. The van der Waals surface area contributed by atoms with E-state index in [0.717, 1.165) is 29.4 Å². The molecule has 1 aromatic rings. The zero-order chi connectivity index (χ0) is 10.8. The number of rotatable bonds is 3. The van der Waals surface area contributed by atoms with Gasteiger partial charge in [0.05, 0.1) is 6.04 Å². The second kappa shape index (κ2) is 4.25. The third-order valence-electron chi connectivity index (χ3n) is 2.61. The molecule has 0 atom stereocenters. The number of hydrogen-bond acceptors (Lipinski definition) is 2. The summed E-state index contributed by atoms with van der Waals surface area (Å²) in [6.07, 6.45) is 0. The molecule has 1 aliphatic rings. The zero-order valence-electron chi connectivity index (χ0n) is 8.81. The van der Waals surface area contributed by atoms with Gasteiger partial charge in [-0.1, -0.05) is 29.8 Å². The van der Waals surface area contributed by atoms with Gasteiger partial charge in [0.2, 0.25) is 0 Å². The first kappa shape index (κ1) is 10.5. The molecule has 2 rings (SSSR count). The largest absolute Gasteiger partial charge is 0.380 e. The molecule has 0 amide bonds. The molecule has 1 saturated heterocycles. The van der Waals surface area contributed by atoms with E-state index in [1.54, 1.807) is 0 Å². The first-order valence-corrected chi connectivity index (χ1v) is 5.47. The Hall–Kier alpha value is -0.990. The van der Waals surface area contributed by atoms with Crippen LogP contribution < -0.4 is 10.6 Å². The minimum absolute atomic E-state index is 0.495. The molecular weight excluding hydrogens is 208 g/mol. The van der Waals surface area contributed by atoms with E-state index >= 15 is 0 Å². The molecule has 0 bridgehead atoms. The summed E-state index contributed by atoms with van der Waals surface area (Å²) >= 11 is 6.12. The van der Waals surface area contributed by atoms with Crippen LogP contribution in [0.5, 0.6) is 0 Å². The van der Waals surface area contributed by atoms with Crippen LogP contribution in [0.4, 0.5) is 0 Å². The highest BCUT2D eigenvalue weighted by Crippen LogP contribution is 2.22. The van der Waals surface area contributed by atoms with Gasteiger partial charge in [-0.05, 0) is 19.1 Å². The van der Waals surface area contributed by atoms with E-state index in [9.17, 15) is 0 Å². The Morgan fingerprint density at radius 3 is 2.87 bits per heavy atom. The Balaban J connectivity index is 2.12. The molecule has 0 unspecified atom stereocenters. The predicted octanol–water partition coefficient (Wildman–Crippen LogP) is 2.18. The van der Waals surface area contributed by atoms with Crippen molar-refractivity contribution in [3.63, 3.8) is 0 Å². The van der Waals surface area contributed by atoms with E-state index in [0.29, 0.717) is 6.04 Å². The summed E-state index contributed by atoms with van der Waals surface area (Å²) in [5.41, 5.74) is 3.11. The van der Waals surface area contributed by atoms with E-state index in [-0.39, 0.29) is 0 Å². The van der Waals surface area contributed by atoms with Crippen LogP contribution >= 0.6 is 11.6 Å². The average molecular weight is 223 g/mol. The van der Waals surface area contributed by atoms with Gasteiger partial charge in [-0.2, -0.15) is 0 Å². The van der Waals surface area contributed by atoms with Gasteiger partial charge in [0, 0.05) is 29.4 Å². The summed E-state index contributed by atoms with van der Waals surface area (Å²) < 4.78 is 0. The van der Waals surface area contributed by atoms with Crippen molar-refractivity contribution < 1.29 is 0 Å². The molecule has 15 heavy (non-hydrogen) atoms. The van der Waals surface area contributed by atoms with Gasteiger partial charge in [0.1, 0.15) is 0 Å². The van der Waals surface area contributed by atoms with Crippen LogP contribution in [0.3, 0.4) is 0 Å². The minimum Gasteiger partial charge on any atom is -0.380 e. The lowest BCUT2D eigenvalue weighted by molar-refractivity contribution is 0.407. The number of hydrogen-bond donors (Lipinski definition) is 2. The van der Waals surface area contributed by atoms with Gasteiger partial charge in [-0.25, -0.2) is 0 Å². The average Bonchev–Trinajstić information content (AvgIpc) is 2.15. The zero-order valence-corrected chi connectivity index (χ0v) is 9.56. The van der Waals surface area contributed by atoms with Crippen molar-refractivity contribution in [2.24, 2.45) is 0 Å². The molecule has 1 heterocycles. The summed E-state index contributed by atoms with van der Waals surface area (Å²) in [6, 6.07) is 6.47. The summed E-state index contributed by atoms with van der Waals surface area (Å²) in [5, 5.41) is 7.32. The molecule has 3 heteroatoms. The molecule has 0 spiro atoms. The van der Waals surface area contributed by atoms with Crippen molar-refractivity contribution in [2.45, 2.75) is 13.0 Å². The minimum atomic E-state index is 0.495. The van der Waals surface area contributed by atoms with Crippen LogP contribution in [0.25, 0.3) is 5.70 Å². The second-order valence-corrected chi connectivity index (χ2v) is 4.37. The van der Waals surface area contributed by atoms with Gasteiger partial charge >= 0.3 is 0 Å². The smallest absolute Gasteiger partial charge is 0.0510 e. The molecule has 0 radical (unpaired) electrons. The highest BCUT2D eigenvalue weighted by atomic mass is 35.5. The van der Waals surface area contributed by atoms with Crippen LogP contribution in [0.1, 0.15) is 11.1 Å². The Labute approximate surface area is 95.3 Å². The maximum atomic E-state index is 6.12. The van der Waals surface area contributed by atoms with Crippen LogP contribution in [0.2, 0.25) is 5.02 Å². The van der Waals surface area contributed by atoms with Crippen LogP contribution in [-0.4, -0.2) is 19.1 Å². The molecule has 80 valence electrons. The molecule has 0 aromatic heterocycles. The van der Waals surface area contributed by atoms with Crippen molar-refractivity contribution in [2.75, 3.05) is 13.1 Å². The van der Waals surface area contributed by atoms with E-state index in [1.807, 2.05) is 12.1 Å². The van der Waals surface area contributed by atoms with Gasteiger partial charge in [-0.3, -0.25) is 0 Å². The maximum absolute atomic E-state index is 6.12. The Morgan fingerprint density at radius 1 is 1.53 bits per heavy atom. The normalized spacial score (nSPS) is 15.9. The van der Waals surface area contributed by atoms with Crippen LogP contribution in [0, 0.1) is 6.92 Å². The third-order valence-corrected chi connectivity index (χ3v) is 2.94. The molecule has 1 aromatic carbocycles. The first-order valence-electron chi connectivity index (χ1n) is 5.09. The van der Waals surface area contributed by atoms with Gasteiger partial charge in [0.25, 0.3) is 0 Å². The van der Waals surface area contributed by atoms with Crippen molar-refractivity contribution in [1.82, 2.24) is 10.6 Å². The summed E-state index contributed by atoms with van der Waals surface area (Å²) in [4.78, 5) is 0. The van der Waals surface area contributed by atoms with Crippen molar-refractivity contribution in [3.05, 3.63) is 40.9 Å². The van der Waals surface area contributed by atoms with Gasteiger partial charge < -0.3 is 10.6 Å². The molecule has 2 N–H and O–H groups in total. The van der Waals surface area contributed by atoms with Crippen molar-refractivity contribution in [1.29, 1.82) is 0 Å². The van der Waals surface area contributed by atoms with E-state index in [1.165, 1.54) is 5.56 Å². The second-order valence-electron chi connectivity index (χ2n) is 3.96. The quantitative estimate of drug-likeness (QED) is 0.819. The topological polar surface area (TPSA) is 24.1 Å². The number of halogens is 1. The van der Waals surface area contributed by atoms with Crippen LogP contribution in [0.15, 0.2) is 24.8 Å². The summed E-state index contributed by atoms with van der Waals surface area (Å²) in [7, 11) is 0. The van der Waals surface area contributed by atoms with Gasteiger partial charge in [0.15, 0.2) is 0 Å². The fourth-order valence-corrected chi connectivity index (χ4v) is 1.82. The lowest BCUT2D eigenvalue weighted by Gasteiger charge is -2.30. The van der Waals surface area contributed by atoms with Crippen LogP contribution in [-0.2, 0) is 0 Å². The molecule has 0 aliphatic carbocycles. The number of aryl methyl sites for hydroxylation is 1. The number of nitrogens with one attached hydrogen (secondary N) is 2. The highest BCUT2D eigenvalue weighted by molar-refractivity contribution is 6.32. The fourth-order valence-electron chi connectivity index (χ4n) is 1.59. The molecule has 1 aliphatic heterocycles. The van der Waals surface area contributed by atoms with E-state index in [4.69, 9.17) is 11.6 Å². The van der Waals surface area contributed by atoms with Gasteiger partial charge in [-0.15, -0.1) is 0 Å². The van der Waals surface area contributed by atoms with E-state index in [2.05, 4.69) is 30.2 Å². The Kier molecular flexibility index (Phi) is 2.98. The predicted molar refractivity (Wildman–Crippen MR) is 65.0 cm³/mol. The highest BCUT2D eigenvalue weighted by Gasteiger charge is 2.17. The lowest BCUT2D eigenvalue weighted by Crippen LogP contribution is -2.54. The maximum Gasteiger partial charge on any atom is 0.0510 e. The SMILES string of the molecule is C=C(NC1CNC1)c1cc(C)ccc1Cl. The van der Waals surface area contributed by atoms with Crippen molar-refractivity contribution >= 4 is 17.3 Å². The summed E-state index contributed by atoms with van der Waals surface area (Å²) in [6.45, 7) is 8.08. The Morgan fingerprint density at radius 2 is 2.27 bits per heavy atom. The third kappa shape index (κ3) is 2.33.